The summed E-state index contributed by atoms with van der Waals surface area (Å²) in [5, 5.41) is 0. The van der Waals surface area contributed by atoms with Crippen molar-refractivity contribution in [3.05, 3.63) is 40.7 Å². The molecule has 2 rings (SSSR count). The first-order valence-electron chi connectivity index (χ1n) is 3.79. The quantitative estimate of drug-likeness (QED) is 0.589. The van der Waals surface area contributed by atoms with Crippen molar-refractivity contribution in [3.8, 4) is 0 Å². The summed E-state index contributed by atoms with van der Waals surface area (Å²) in [7, 11) is 0. The highest BCUT2D eigenvalue weighted by Crippen LogP contribution is 2.50. The summed E-state index contributed by atoms with van der Waals surface area (Å²) in [5.41, 5.74) is -2.53. The normalized spacial score (nSPS) is 18.3. The fraction of sp³-hybridized carbons (Fsp3) is 0.111. The molecule has 0 saturated carbocycles. The molecule has 0 atom stereocenters. The molecule has 0 amide bonds. The monoisotopic (exact) mass is 224 g/mol. The Morgan fingerprint density at radius 3 is 2.13 bits per heavy atom. The van der Waals surface area contributed by atoms with E-state index < -0.39 is 40.3 Å². The summed E-state index contributed by atoms with van der Waals surface area (Å²) in [6.45, 7) is 0. The molecule has 0 spiro atoms. The van der Waals surface area contributed by atoms with Crippen molar-refractivity contribution in [3.63, 3.8) is 0 Å². The van der Waals surface area contributed by atoms with Crippen molar-refractivity contribution in [2.45, 2.75) is 5.92 Å². The van der Waals surface area contributed by atoms with Crippen LogP contribution in [0.5, 0.6) is 0 Å². The molecule has 0 fully saturated rings. The first-order chi connectivity index (χ1) is 6.87. The highest BCUT2D eigenvalue weighted by atomic mass is 19.3. The van der Waals surface area contributed by atoms with E-state index in [1.54, 1.807) is 0 Å². The fourth-order valence-corrected chi connectivity index (χ4v) is 1.39. The van der Waals surface area contributed by atoms with Crippen LogP contribution in [0.1, 0.15) is 11.1 Å². The molecule has 0 bridgehead atoms. The standard InChI is InChI=1S/C9H2F6/c10-4-2-1-3-5(6(4)11)7(12)8(13)9(3,14)15/h1-2H. The SMILES string of the molecule is FC1=C(F)C(F)(F)c2ccc(F)c(F)c21. The average Bonchev–Trinajstić information content (AvgIpc) is 2.34. The predicted octanol–water partition coefficient (Wildman–Crippen LogP) is 3.68. The van der Waals surface area contributed by atoms with Crippen LogP contribution >= 0.6 is 0 Å². The van der Waals surface area contributed by atoms with Crippen LogP contribution in [0.3, 0.4) is 0 Å². The Hall–Kier alpha value is -1.46. The summed E-state index contributed by atoms with van der Waals surface area (Å²) in [6, 6.07) is 0.855. The maximum Gasteiger partial charge on any atom is 0.327 e. The Kier molecular flexibility index (Phi) is 1.86. The second-order valence-corrected chi connectivity index (χ2v) is 2.99. The predicted molar refractivity (Wildman–Crippen MR) is 39.4 cm³/mol. The number of fused-ring (bicyclic) bond motifs is 1. The molecule has 0 aromatic heterocycles. The van der Waals surface area contributed by atoms with Gasteiger partial charge in [0.1, 0.15) is 0 Å². The lowest BCUT2D eigenvalue weighted by atomic mass is 10.1. The number of hydrogen-bond donors (Lipinski definition) is 0. The summed E-state index contributed by atoms with van der Waals surface area (Å²) in [5.74, 6) is -12.0. The largest absolute Gasteiger partial charge is 0.327 e. The molecule has 1 aromatic rings. The van der Waals surface area contributed by atoms with Gasteiger partial charge in [-0.15, -0.1) is 0 Å². The second kappa shape index (κ2) is 2.77. The van der Waals surface area contributed by atoms with Gasteiger partial charge in [0.2, 0.25) is 5.83 Å². The van der Waals surface area contributed by atoms with E-state index >= 15 is 0 Å². The zero-order chi connectivity index (χ0) is 11.4. The summed E-state index contributed by atoms with van der Waals surface area (Å²) >= 11 is 0. The summed E-state index contributed by atoms with van der Waals surface area (Å²) in [6.07, 6.45) is 0. The van der Waals surface area contributed by atoms with Gasteiger partial charge in [0.15, 0.2) is 17.5 Å². The van der Waals surface area contributed by atoms with E-state index in [0.29, 0.717) is 12.1 Å². The molecule has 1 aromatic carbocycles. The molecule has 0 unspecified atom stereocenters. The van der Waals surface area contributed by atoms with Gasteiger partial charge in [0, 0.05) is 5.56 Å². The van der Waals surface area contributed by atoms with Crippen molar-refractivity contribution in [2.75, 3.05) is 0 Å². The highest BCUT2D eigenvalue weighted by molar-refractivity contribution is 5.73. The molecule has 1 aliphatic carbocycles. The van der Waals surface area contributed by atoms with E-state index in [-0.39, 0.29) is 0 Å². The van der Waals surface area contributed by atoms with E-state index in [2.05, 4.69) is 0 Å². The van der Waals surface area contributed by atoms with Crippen molar-refractivity contribution in [2.24, 2.45) is 0 Å². The Bertz CT molecular complexity index is 474. The van der Waals surface area contributed by atoms with Crippen LogP contribution in [0.25, 0.3) is 5.83 Å². The number of benzene rings is 1. The maximum atomic E-state index is 12.9. The van der Waals surface area contributed by atoms with E-state index in [0.717, 1.165) is 0 Å². The summed E-state index contributed by atoms with van der Waals surface area (Å²) in [4.78, 5) is 0. The minimum Gasteiger partial charge on any atom is -0.204 e. The Balaban J connectivity index is 2.82. The zero-order valence-electron chi connectivity index (χ0n) is 6.92. The van der Waals surface area contributed by atoms with Gasteiger partial charge in [0.05, 0.1) is 5.56 Å². The van der Waals surface area contributed by atoms with Crippen LogP contribution in [0.4, 0.5) is 26.3 Å². The molecule has 0 N–H and O–H groups in total. The van der Waals surface area contributed by atoms with Gasteiger partial charge in [-0.25, -0.2) is 17.6 Å². The van der Waals surface area contributed by atoms with Gasteiger partial charge in [-0.2, -0.15) is 8.78 Å². The molecule has 0 saturated heterocycles. The van der Waals surface area contributed by atoms with Gasteiger partial charge < -0.3 is 0 Å². The highest BCUT2D eigenvalue weighted by Gasteiger charge is 2.50. The van der Waals surface area contributed by atoms with Gasteiger partial charge in [0.25, 0.3) is 0 Å². The minimum absolute atomic E-state index is 0.397. The molecular formula is C9H2F6. The van der Waals surface area contributed by atoms with E-state index in [4.69, 9.17) is 0 Å². The van der Waals surface area contributed by atoms with Crippen molar-refractivity contribution >= 4 is 5.83 Å². The van der Waals surface area contributed by atoms with Crippen LogP contribution in [-0.4, -0.2) is 0 Å². The molecule has 0 radical (unpaired) electrons. The molecular weight excluding hydrogens is 222 g/mol. The van der Waals surface area contributed by atoms with Crippen LogP contribution < -0.4 is 0 Å². The van der Waals surface area contributed by atoms with Crippen LogP contribution in [-0.2, 0) is 5.92 Å². The third kappa shape index (κ3) is 1.10. The van der Waals surface area contributed by atoms with E-state index in [1.807, 2.05) is 0 Å². The third-order valence-corrected chi connectivity index (χ3v) is 2.12. The van der Waals surface area contributed by atoms with Gasteiger partial charge >= 0.3 is 5.92 Å². The van der Waals surface area contributed by atoms with Gasteiger partial charge in [-0.05, 0) is 12.1 Å². The molecule has 0 aliphatic heterocycles. The van der Waals surface area contributed by atoms with Crippen LogP contribution in [0, 0.1) is 11.6 Å². The van der Waals surface area contributed by atoms with Crippen LogP contribution in [0.2, 0.25) is 0 Å². The lowest BCUT2D eigenvalue weighted by Gasteiger charge is -2.09. The molecule has 6 heteroatoms. The van der Waals surface area contributed by atoms with Gasteiger partial charge in [-0.1, -0.05) is 0 Å². The maximum absolute atomic E-state index is 12.9. The molecule has 80 valence electrons. The van der Waals surface area contributed by atoms with E-state index in [1.165, 1.54) is 0 Å². The average molecular weight is 224 g/mol. The van der Waals surface area contributed by atoms with Crippen molar-refractivity contribution < 1.29 is 26.3 Å². The Morgan fingerprint density at radius 2 is 1.53 bits per heavy atom. The lowest BCUT2D eigenvalue weighted by molar-refractivity contribution is 0.0178. The number of halogens is 6. The molecule has 15 heavy (non-hydrogen) atoms. The first-order valence-corrected chi connectivity index (χ1v) is 3.79. The first kappa shape index (κ1) is 10.1. The fourth-order valence-electron chi connectivity index (χ4n) is 1.39. The number of allylic oxidation sites excluding steroid dienone is 1. The number of hydrogen-bond acceptors (Lipinski definition) is 0. The topological polar surface area (TPSA) is 0 Å². The van der Waals surface area contributed by atoms with Crippen molar-refractivity contribution in [1.82, 2.24) is 0 Å². The number of alkyl halides is 2. The molecule has 0 nitrogen and oxygen atoms in total. The van der Waals surface area contributed by atoms with E-state index in [9.17, 15) is 26.3 Å². The van der Waals surface area contributed by atoms with Crippen molar-refractivity contribution in [1.29, 1.82) is 0 Å². The lowest BCUT2D eigenvalue weighted by Crippen LogP contribution is -2.11. The zero-order valence-corrected chi connectivity index (χ0v) is 6.92. The summed E-state index contributed by atoms with van der Waals surface area (Å²) < 4.78 is 76.9. The Labute approximate surface area is 79.8 Å². The minimum atomic E-state index is -4.23. The van der Waals surface area contributed by atoms with Crippen LogP contribution in [0.15, 0.2) is 18.0 Å². The second-order valence-electron chi connectivity index (χ2n) is 2.99. The molecule has 0 heterocycles. The Morgan fingerprint density at radius 1 is 0.933 bits per heavy atom. The third-order valence-electron chi connectivity index (χ3n) is 2.12. The number of rotatable bonds is 0. The van der Waals surface area contributed by atoms with Gasteiger partial charge in [-0.3, -0.25) is 0 Å². The smallest absolute Gasteiger partial charge is 0.204 e. The molecule has 1 aliphatic rings.